The molecule has 7 nitrogen and oxygen atoms in total. The van der Waals surface area contributed by atoms with Gasteiger partial charge in [0.15, 0.2) is 0 Å². The van der Waals surface area contributed by atoms with E-state index >= 15 is 0 Å². The predicted molar refractivity (Wildman–Crippen MR) is 77.5 cm³/mol. The molecule has 21 heavy (non-hydrogen) atoms. The summed E-state index contributed by atoms with van der Waals surface area (Å²) in [5, 5.41) is 10.5. The van der Waals surface area contributed by atoms with Crippen molar-refractivity contribution in [1.82, 2.24) is 4.90 Å². The summed E-state index contributed by atoms with van der Waals surface area (Å²) in [4.78, 5) is 23.1. The van der Waals surface area contributed by atoms with Gasteiger partial charge in [-0.05, 0) is 32.9 Å². The number of ether oxygens (including phenoxy) is 2. The molecule has 116 valence electrons. The Kier molecular flexibility index (Phi) is 5.52. The molecule has 0 heterocycles. The van der Waals surface area contributed by atoms with Gasteiger partial charge in [0.05, 0.1) is 11.5 Å². The van der Waals surface area contributed by atoms with Crippen LogP contribution < -0.4 is 4.74 Å². The molecular weight excluding hydrogens is 276 g/mol. The van der Waals surface area contributed by atoms with Gasteiger partial charge in [-0.3, -0.25) is 10.1 Å². The van der Waals surface area contributed by atoms with Crippen LogP contribution in [-0.2, 0) is 4.74 Å². The summed E-state index contributed by atoms with van der Waals surface area (Å²) in [5.74, 6) is 0.512. The van der Waals surface area contributed by atoms with Crippen molar-refractivity contribution in [2.75, 3.05) is 20.2 Å². The van der Waals surface area contributed by atoms with Crippen LogP contribution in [0.1, 0.15) is 20.8 Å². The maximum Gasteiger partial charge on any atom is 0.410 e. The summed E-state index contributed by atoms with van der Waals surface area (Å²) < 4.78 is 10.6. The van der Waals surface area contributed by atoms with Crippen LogP contribution in [0.15, 0.2) is 24.3 Å². The van der Waals surface area contributed by atoms with Crippen LogP contribution in [0.5, 0.6) is 5.75 Å². The molecule has 0 unspecified atom stereocenters. The minimum atomic E-state index is -0.537. The number of carbonyl (C=O) groups is 1. The van der Waals surface area contributed by atoms with Crippen LogP contribution in [0.25, 0.3) is 0 Å². The molecule has 0 radical (unpaired) electrons. The van der Waals surface area contributed by atoms with E-state index < -0.39 is 16.6 Å². The lowest BCUT2D eigenvalue weighted by atomic mass is 10.2. The number of hydrogen-bond acceptors (Lipinski definition) is 5. The number of hydrogen-bond donors (Lipinski definition) is 0. The van der Waals surface area contributed by atoms with E-state index in [0.29, 0.717) is 12.3 Å². The zero-order valence-corrected chi connectivity index (χ0v) is 12.7. The molecule has 0 atom stereocenters. The normalized spacial score (nSPS) is 10.9. The average Bonchev–Trinajstić information content (AvgIpc) is 2.37. The highest BCUT2D eigenvalue weighted by molar-refractivity contribution is 5.67. The second-order valence-corrected chi connectivity index (χ2v) is 5.50. The van der Waals surface area contributed by atoms with E-state index in [0.717, 1.165) is 0 Å². The molecule has 0 aliphatic rings. The largest absolute Gasteiger partial charge is 0.492 e. The fourth-order valence-corrected chi connectivity index (χ4v) is 1.40. The van der Waals surface area contributed by atoms with Gasteiger partial charge in [0.1, 0.15) is 18.0 Å². The van der Waals surface area contributed by atoms with Gasteiger partial charge in [0.25, 0.3) is 5.69 Å². The van der Waals surface area contributed by atoms with Crippen molar-refractivity contribution in [3.63, 3.8) is 0 Å². The van der Waals surface area contributed by atoms with Crippen LogP contribution in [0.4, 0.5) is 10.5 Å². The highest BCUT2D eigenvalue weighted by Gasteiger charge is 2.19. The van der Waals surface area contributed by atoms with Crippen LogP contribution in [-0.4, -0.2) is 41.7 Å². The summed E-state index contributed by atoms with van der Waals surface area (Å²) >= 11 is 0. The molecule has 1 amide bonds. The lowest BCUT2D eigenvalue weighted by Gasteiger charge is -2.24. The average molecular weight is 296 g/mol. The molecule has 1 aromatic rings. The van der Waals surface area contributed by atoms with Crippen LogP contribution in [0.2, 0.25) is 0 Å². The summed E-state index contributed by atoms with van der Waals surface area (Å²) in [6.45, 7) is 6.02. The third kappa shape index (κ3) is 6.11. The second kappa shape index (κ2) is 6.92. The number of nitro benzene ring substituents is 1. The Labute approximate surface area is 123 Å². The number of nitro groups is 1. The molecule has 0 fully saturated rings. The van der Waals surface area contributed by atoms with Crippen LogP contribution in [0, 0.1) is 10.1 Å². The van der Waals surface area contributed by atoms with Gasteiger partial charge in [-0.25, -0.2) is 4.79 Å². The minimum Gasteiger partial charge on any atom is -0.492 e. The fourth-order valence-electron chi connectivity index (χ4n) is 1.40. The Morgan fingerprint density at radius 3 is 2.33 bits per heavy atom. The van der Waals surface area contributed by atoms with Gasteiger partial charge in [0.2, 0.25) is 0 Å². The zero-order valence-electron chi connectivity index (χ0n) is 12.7. The van der Waals surface area contributed by atoms with Crippen LogP contribution in [0.3, 0.4) is 0 Å². The lowest BCUT2D eigenvalue weighted by Crippen LogP contribution is -2.36. The quantitative estimate of drug-likeness (QED) is 0.616. The summed E-state index contributed by atoms with van der Waals surface area (Å²) in [5.41, 5.74) is -0.530. The van der Waals surface area contributed by atoms with Crippen molar-refractivity contribution < 1.29 is 19.2 Å². The van der Waals surface area contributed by atoms with E-state index in [2.05, 4.69) is 0 Å². The number of amides is 1. The van der Waals surface area contributed by atoms with E-state index in [-0.39, 0.29) is 12.3 Å². The Morgan fingerprint density at radius 2 is 1.86 bits per heavy atom. The number of non-ortho nitro benzene ring substituents is 1. The second-order valence-electron chi connectivity index (χ2n) is 5.50. The van der Waals surface area contributed by atoms with E-state index in [1.165, 1.54) is 29.2 Å². The Balaban J connectivity index is 2.39. The number of nitrogens with zero attached hydrogens (tertiary/aromatic N) is 2. The molecule has 1 aromatic carbocycles. The predicted octanol–water partition coefficient (Wildman–Crippen LogP) is 2.84. The van der Waals surface area contributed by atoms with E-state index in [9.17, 15) is 14.9 Å². The SMILES string of the molecule is CN(CCOc1ccc([N+](=O)[O-])cc1)C(=O)OC(C)(C)C. The van der Waals surface area contributed by atoms with Gasteiger partial charge < -0.3 is 14.4 Å². The Morgan fingerprint density at radius 1 is 1.29 bits per heavy atom. The summed E-state index contributed by atoms with van der Waals surface area (Å²) in [6, 6.07) is 5.77. The minimum absolute atomic E-state index is 0.00761. The standard InChI is InChI=1S/C14H20N2O5/c1-14(2,3)21-13(17)15(4)9-10-20-12-7-5-11(6-8-12)16(18)19/h5-8H,9-10H2,1-4H3. The van der Waals surface area contributed by atoms with Gasteiger partial charge in [-0.1, -0.05) is 0 Å². The maximum atomic E-state index is 11.7. The van der Waals surface area contributed by atoms with Crippen molar-refractivity contribution in [3.05, 3.63) is 34.4 Å². The molecule has 0 aliphatic carbocycles. The first kappa shape index (κ1) is 16.7. The number of likely N-dealkylation sites (N-methyl/N-ethyl adjacent to an activating group) is 1. The third-order valence-corrected chi connectivity index (χ3v) is 2.45. The van der Waals surface area contributed by atoms with E-state index in [1.54, 1.807) is 27.8 Å². The topological polar surface area (TPSA) is 81.9 Å². The number of benzene rings is 1. The molecule has 0 bridgehead atoms. The van der Waals surface area contributed by atoms with E-state index in [1.807, 2.05) is 0 Å². The highest BCUT2D eigenvalue weighted by Crippen LogP contribution is 2.17. The van der Waals surface area contributed by atoms with Crippen molar-refractivity contribution in [2.45, 2.75) is 26.4 Å². The van der Waals surface area contributed by atoms with E-state index in [4.69, 9.17) is 9.47 Å². The molecule has 0 saturated heterocycles. The van der Waals surface area contributed by atoms with Gasteiger partial charge >= 0.3 is 6.09 Å². The number of carbonyl (C=O) groups excluding carboxylic acids is 1. The third-order valence-electron chi connectivity index (χ3n) is 2.45. The van der Waals surface area contributed by atoms with Gasteiger partial charge in [-0.15, -0.1) is 0 Å². The highest BCUT2D eigenvalue weighted by atomic mass is 16.6. The smallest absolute Gasteiger partial charge is 0.410 e. The molecule has 0 aromatic heterocycles. The molecule has 0 aliphatic heterocycles. The fraction of sp³-hybridized carbons (Fsp3) is 0.500. The monoisotopic (exact) mass is 296 g/mol. The molecule has 0 N–H and O–H groups in total. The van der Waals surface area contributed by atoms with Crippen LogP contribution >= 0.6 is 0 Å². The zero-order chi connectivity index (χ0) is 16.0. The molecule has 1 rings (SSSR count). The lowest BCUT2D eigenvalue weighted by molar-refractivity contribution is -0.384. The van der Waals surface area contributed by atoms with Crippen molar-refractivity contribution >= 4 is 11.8 Å². The van der Waals surface area contributed by atoms with Crippen molar-refractivity contribution in [3.8, 4) is 5.75 Å². The first-order valence-electron chi connectivity index (χ1n) is 6.50. The summed E-state index contributed by atoms with van der Waals surface area (Å²) in [7, 11) is 1.62. The first-order valence-corrected chi connectivity index (χ1v) is 6.50. The van der Waals surface area contributed by atoms with Gasteiger partial charge in [0, 0.05) is 19.2 Å². The van der Waals surface area contributed by atoms with Crippen molar-refractivity contribution in [2.24, 2.45) is 0 Å². The maximum absolute atomic E-state index is 11.7. The first-order chi connectivity index (χ1) is 9.69. The Bertz CT molecular complexity index is 493. The molecule has 0 spiro atoms. The number of rotatable bonds is 5. The van der Waals surface area contributed by atoms with Crippen molar-refractivity contribution in [1.29, 1.82) is 0 Å². The molecule has 7 heteroatoms. The summed E-state index contributed by atoms with van der Waals surface area (Å²) in [6.07, 6.45) is -0.421. The molecule has 0 saturated carbocycles. The van der Waals surface area contributed by atoms with Gasteiger partial charge in [-0.2, -0.15) is 0 Å². The molecular formula is C14H20N2O5. The Hall–Kier alpha value is -2.31.